The van der Waals surface area contributed by atoms with E-state index >= 15 is 0 Å². The first-order chi connectivity index (χ1) is 16.8. The Labute approximate surface area is 208 Å². The van der Waals surface area contributed by atoms with Crippen LogP contribution in [0, 0.1) is 12.3 Å². The zero-order chi connectivity index (χ0) is 24.6. The third-order valence-corrected chi connectivity index (χ3v) is 7.96. The van der Waals surface area contributed by atoms with Crippen LogP contribution in [-0.4, -0.2) is 33.3 Å². The van der Waals surface area contributed by atoms with Crippen LogP contribution in [0.15, 0.2) is 42.7 Å². The summed E-state index contributed by atoms with van der Waals surface area (Å²) in [5.41, 5.74) is 5.39. The Bertz CT molecular complexity index is 1340. The van der Waals surface area contributed by atoms with Crippen LogP contribution in [0.2, 0.25) is 0 Å². The summed E-state index contributed by atoms with van der Waals surface area (Å²) in [7, 11) is 1.64. The first-order valence-corrected chi connectivity index (χ1v) is 12.6. The van der Waals surface area contributed by atoms with Crippen molar-refractivity contribution in [2.24, 2.45) is 5.41 Å². The van der Waals surface area contributed by atoms with Crippen molar-refractivity contribution in [2.75, 3.05) is 12.5 Å². The van der Waals surface area contributed by atoms with E-state index in [0.717, 1.165) is 26.3 Å². The van der Waals surface area contributed by atoms with Crippen molar-refractivity contribution in [3.63, 3.8) is 0 Å². The van der Waals surface area contributed by atoms with E-state index in [0.29, 0.717) is 27.7 Å². The number of aromatic nitrogens is 4. The zero-order valence-corrected chi connectivity index (χ0v) is 21.2. The Balaban J connectivity index is 1.45. The first kappa shape index (κ1) is 23.3. The van der Waals surface area contributed by atoms with Gasteiger partial charge in [-0.3, -0.25) is 4.79 Å². The number of amides is 1. The maximum Gasteiger partial charge on any atom is 0.286 e. The van der Waals surface area contributed by atoms with Gasteiger partial charge in [-0.15, -0.1) is 21.5 Å². The number of fused-ring (bicyclic) bond motifs is 1. The molecular formula is C26H29N5O3S. The van der Waals surface area contributed by atoms with Crippen molar-refractivity contribution in [3.8, 4) is 17.2 Å². The molecule has 1 fully saturated rings. The van der Waals surface area contributed by atoms with E-state index in [9.17, 15) is 4.79 Å². The average Bonchev–Trinajstić information content (AvgIpc) is 3.47. The van der Waals surface area contributed by atoms with Gasteiger partial charge in [0.15, 0.2) is 12.1 Å². The monoisotopic (exact) mass is 491 g/mol. The number of tetrazole rings is 1. The Morgan fingerprint density at radius 2 is 1.91 bits per heavy atom. The standard InChI is InChI=1S/C26H29N5O3S/c1-16-13-22-20(14-21(16)33-4)23(24(35-22)25(32)29-31-28-15-27-30-31)34-19-7-5-17(6-8-19)18-9-11-26(2,3)12-10-18/h5-8,13-15,18H,9-12H2,1-4H3,(H,29,32). The number of carbonyl (C=O) groups excluding carboxylic acids is 1. The molecule has 0 saturated heterocycles. The molecule has 1 saturated carbocycles. The lowest BCUT2D eigenvalue weighted by Crippen LogP contribution is -2.24. The van der Waals surface area contributed by atoms with Gasteiger partial charge in [0.2, 0.25) is 0 Å². The SMILES string of the molecule is COc1cc2c(Oc3ccc(C4CCC(C)(C)CC4)cc3)c(C(=O)Nn3ncnn3)sc2cc1C. The molecule has 4 aromatic rings. The van der Waals surface area contributed by atoms with E-state index in [2.05, 4.69) is 46.8 Å². The smallest absolute Gasteiger partial charge is 0.286 e. The number of hydrogen-bond acceptors (Lipinski definition) is 7. The molecule has 0 bridgehead atoms. The molecule has 0 spiro atoms. The first-order valence-electron chi connectivity index (χ1n) is 11.8. The molecule has 5 rings (SSSR count). The number of carbonyl (C=O) groups is 1. The predicted molar refractivity (Wildman–Crippen MR) is 136 cm³/mol. The minimum Gasteiger partial charge on any atom is -0.496 e. The second-order valence-corrected chi connectivity index (χ2v) is 10.9. The summed E-state index contributed by atoms with van der Waals surface area (Å²) in [5, 5.41) is 12.0. The van der Waals surface area contributed by atoms with Gasteiger partial charge in [0.25, 0.3) is 5.91 Å². The molecule has 35 heavy (non-hydrogen) atoms. The average molecular weight is 492 g/mol. The lowest BCUT2D eigenvalue weighted by molar-refractivity contribution is 0.100. The van der Waals surface area contributed by atoms with Gasteiger partial charge in [-0.25, -0.2) is 5.43 Å². The summed E-state index contributed by atoms with van der Waals surface area (Å²) in [6.07, 6.45) is 6.17. The van der Waals surface area contributed by atoms with Crippen molar-refractivity contribution in [3.05, 3.63) is 58.7 Å². The molecule has 0 atom stereocenters. The molecule has 2 aromatic carbocycles. The highest BCUT2D eigenvalue weighted by Gasteiger charge is 2.28. The number of benzene rings is 2. The number of thiophene rings is 1. The van der Waals surface area contributed by atoms with Crippen LogP contribution in [0.5, 0.6) is 17.2 Å². The predicted octanol–water partition coefficient (Wildman–Crippen LogP) is 6.06. The van der Waals surface area contributed by atoms with Gasteiger partial charge in [-0.05, 0) is 84.5 Å². The lowest BCUT2D eigenvalue weighted by atomic mass is 9.71. The molecule has 9 heteroatoms. The van der Waals surface area contributed by atoms with Crippen LogP contribution in [0.1, 0.15) is 66.2 Å². The Kier molecular flexibility index (Phi) is 6.19. The minimum absolute atomic E-state index is 0.378. The second kappa shape index (κ2) is 9.30. The van der Waals surface area contributed by atoms with E-state index in [1.54, 1.807) is 7.11 Å². The highest BCUT2D eigenvalue weighted by Crippen LogP contribution is 2.45. The van der Waals surface area contributed by atoms with E-state index in [1.165, 1.54) is 48.9 Å². The van der Waals surface area contributed by atoms with Gasteiger partial charge in [-0.1, -0.05) is 30.9 Å². The molecule has 1 N–H and O–H groups in total. The normalized spacial score (nSPS) is 15.8. The van der Waals surface area contributed by atoms with Crippen LogP contribution >= 0.6 is 11.3 Å². The van der Waals surface area contributed by atoms with E-state index in [1.807, 2.05) is 31.2 Å². The number of ether oxygens (including phenoxy) is 2. The summed E-state index contributed by atoms with van der Waals surface area (Å²) in [6, 6.07) is 12.2. The van der Waals surface area contributed by atoms with Crippen LogP contribution in [0.3, 0.4) is 0 Å². The summed E-state index contributed by atoms with van der Waals surface area (Å²) in [5.74, 6) is 2.10. The molecular weight excluding hydrogens is 462 g/mol. The largest absolute Gasteiger partial charge is 0.496 e. The summed E-state index contributed by atoms with van der Waals surface area (Å²) < 4.78 is 12.8. The summed E-state index contributed by atoms with van der Waals surface area (Å²) in [6.45, 7) is 6.69. The number of nitrogens with one attached hydrogen (secondary N) is 1. The van der Waals surface area contributed by atoms with Crippen LogP contribution in [0.4, 0.5) is 0 Å². The lowest BCUT2D eigenvalue weighted by Gasteiger charge is -2.34. The molecule has 2 aromatic heterocycles. The minimum atomic E-state index is -0.378. The van der Waals surface area contributed by atoms with Crippen molar-refractivity contribution in [1.82, 2.24) is 20.3 Å². The molecule has 182 valence electrons. The fourth-order valence-corrected chi connectivity index (χ4v) is 5.79. The third kappa shape index (κ3) is 4.86. The van der Waals surface area contributed by atoms with E-state index in [-0.39, 0.29) is 5.91 Å². The quantitative estimate of drug-likeness (QED) is 0.352. The number of hydrogen-bond donors (Lipinski definition) is 1. The molecule has 2 heterocycles. The number of aryl methyl sites for hydroxylation is 1. The van der Waals surface area contributed by atoms with Gasteiger partial charge >= 0.3 is 0 Å². The molecule has 1 aliphatic rings. The maximum atomic E-state index is 13.1. The third-order valence-electron chi connectivity index (χ3n) is 6.83. The van der Waals surface area contributed by atoms with Gasteiger partial charge in [0, 0.05) is 10.1 Å². The fourth-order valence-electron chi connectivity index (χ4n) is 4.69. The van der Waals surface area contributed by atoms with Crippen molar-refractivity contribution >= 4 is 27.3 Å². The molecule has 1 amide bonds. The maximum absolute atomic E-state index is 13.1. The summed E-state index contributed by atoms with van der Waals surface area (Å²) in [4.78, 5) is 14.6. The Hall–Kier alpha value is -3.46. The van der Waals surface area contributed by atoms with Crippen LogP contribution in [-0.2, 0) is 0 Å². The highest BCUT2D eigenvalue weighted by molar-refractivity contribution is 7.21. The Morgan fingerprint density at radius 3 is 2.57 bits per heavy atom. The topological polar surface area (TPSA) is 91.2 Å². The van der Waals surface area contributed by atoms with Gasteiger partial charge in [0.1, 0.15) is 16.4 Å². The van der Waals surface area contributed by atoms with Crippen molar-refractivity contribution in [2.45, 2.75) is 52.4 Å². The zero-order valence-electron chi connectivity index (χ0n) is 20.4. The summed E-state index contributed by atoms with van der Waals surface area (Å²) >= 11 is 1.35. The van der Waals surface area contributed by atoms with E-state index < -0.39 is 0 Å². The van der Waals surface area contributed by atoms with Crippen molar-refractivity contribution in [1.29, 1.82) is 0 Å². The fraction of sp³-hybridized carbons (Fsp3) is 0.385. The van der Waals surface area contributed by atoms with E-state index in [4.69, 9.17) is 9.47 Å². The van der Waals surface area contributed by atoms with Gasteiger partial charge < -0.3 is 9.47 Å². The molecule has 1 aliphatic carbocycles. The van der Waals surface area contributed by atoms with Gasteiger partial charge in [0.05, 0.1) is 7.11 Å². The second-order valence-electron chi connectivity index (χ2n) is 9.85. The Morgan fingerprint density at radius 1 is 1.17 bits per heavy atom. The van der Waals surface area contributed by atoms with Gasteiger partial charge in [-0.2, -0.15) is 0 Å². The highest BCUT2D eigenvalue weighted by atomic mass is 32.1. The van der Waals surface area contributed by atoms with Crippen LogP contribution in [0.25, 0.3) is 10.1 Å². The molecule has 0 radical (unpaired) electrons. The molecule has 0 unspecified atom stereocenters. The van der Waals surface area contributed by atoms with Crippen LogP contribution < -0.4 is 14.9 Å². The molecule has 0 aliphatic heterocycles. The number of nitrogens with zero attached hydrogens (tertiary/aromatic N) is 4. The number of methoxy groups -OCH3 is 1. The number of rotatable bonds is 6. The van der Waals surface area contributed by atoms with Crippen molar-refractivity contribution < 1.29 is 14.3 Å². The molecule has 8 nitrogen and oxygen atoms in total.